The van der Waals surface area contributed by atoms with Gasteiger partial charge in [0.1, 0.15) is 28.4 Å². The number of methoxy groups -OCH3 is 1. The molecule has 10 nitrogen and oxygen atoms in total. The molecule has 0 unspecified atom stereocenters. The van der Waals surface area contributed by atoms with E-state index in [0.717, 1.165) is 0 Å². The predicted octanol–water partition coefficient (Wildman–Crippen LogP) is 5.82. The zero-order valence-electron chi connectivity index (χ0n) is 23.7. The molecule has 4 aromatic rings. The van der Waals surface area contributed by atoms with Crippen LogP contribution < -0.4 is 19.7 Å². The van der Waals surface area contributed by atoms with Crippen LogP contribution in [0.3, 0.4) is 0 Å². The van der Waals surface area contributed by atoms with Crippen LogP contribution >= 0.6 is 0 Å². The van der Waals surface area contributed by atoms with E-state index in [-0.39, 0.29) is 17.2 Å². The van der Waals surface area contributed by atoms with Crippen molar-refractivity contribution in [3.63, 3.8) is 0 Å². The number of nitrogens with zero attached hydrogens (tertiary/aromatic N) is 3. The quantitative estimate of drug-likeness (QED) is 0.337. The molecule has 0 bridgehead atoms. The number of para-hydroxylation sites is 3. The smallest absolute Gasteiger partial charge is 0.420 e. The molecule has 5 rings (SSSR count). The van der Waals surface area contributed by atoms with Gasteiger partial charge in [-0.1, -0.05) is 18.2 Å². The fourth-order valence-corrected chi connectivity index (χ4v) is 4.75. The highest BCUT2D eigenvalue weighted by atomic mass is 16.6. The summed E-state index contributed by atoms with van der Waals surface area (Å²) in [6, 6.07) is 17.3. The van der Waals surface area contributed by atoms with Gasteiger partial charge in [-0.25, -0.2) is 14.3 Å². The van der Waals surface area contributed by atoms with Gasteiger partial charge in [-0.2, -0.15) is 0 Å². The number of hydrogen-bond acceptors (Lipinski definition) is 7. The highest BCUT2D eigenvalue weighted by molar-refractivity contribution is 6.12. The summed E-state index contributed by atoms with van der Waals surface area (Å²) in [5.74, 6) is 0.652. The van der Waals surface area contributed by atoms with E-state index in [9.17, 15) is 14.4 Å². The molecule has 2 amide bonds. The molecule has 0 saturated heterocycles. The van der Waals surface area contributed by atoms with Crippen molar-refractivity contribution >= 4 is 40.3 Å². The molecule has 212 valence electrons. The molecule has 10 heteroatoms. The molecule has 2 heterocycles. The number of hydrogen-bond donors (Lipinski definition) is 1. The van der Waals surface area contributed by atoms with Gasteiger partial charge in [-0.15, -0.1) is 0 Å². The second-order valence-electron chi connectivity index (χ2n) is 10.6. The molecule has 0 atom stereocenters. The van der Waals surface area contributed by atoms with Crippen LogP contribution in [0.4, 0.5) is 16.2 Å². The average Bonchev–Trinajstić information content (AvgIpc) is 3.13. The standard InChI is InChI=1S/C31H32N4O6/c1-19-32-27-22(10-8-12-24(27)35(19)30(38)41-31(2,3)4)33-28(36)21-15-14-20(18-26(21)39-5)29(37)34-16-9-17-40-25-13-7-6-11-23(25)34/h6-8,10-15,18H,9,16-17H2,1-5H3,(H,33,36). The largest absolute Gasteiger partial charge is 0.496 e. The van der Waals surface area contributed by atoms with Gasteiger partial charge < -0.3 is 24.4 Å². The van der Waals surface area contributed by atoms with Crippen LogP contribution in [-0.4, -0.2) is 53.3 Å². The number of benzene rings is 3. The molecule has 41 heavy (non-hydrogen) atoms. The lowest BCUT2D eigenvalue weighted by Gasteiger charge is -2.22. The summed E-state index contributed by atoms with van der Waals surface area (Å²) in [5.41, 5.74) is 2.00. The number of carbonyl (C=O) groups is 3. The second kappa shape index (κ2) is 11.0. The lowest BCUT2D eigenvalue weighted by molar-refractivity contribution is 0.0540. The van der Waals surface area contributed by atoms with Gasteiger partial charge in [-0.3, -0.25) is 9.59 Å². The molecule has 1 N–H and O–H groups in total. The molecule has 0 aliphatic carbocycles. The lowest BCUT2D eigenvalue weighted by atomic mass is 10.1. The molecule has 1 aliphatic heterocycles. The minimum atomic E-state index is -0.680. The predicted molar refractivity (Wildman–Crippen MR) is 155 cm³/mol. The van der Waals surface area contributed by atoms with E-state index in [0.29, 0.717) is 59.1 Å². The van der Waals surface area contributed by atoms with E-state index in [2.05, 4.69) is 10.3 Å². The van der Waals surface area contributed by atoms with E-state index < -0.39 is 17.6 Å². The number of nitrogens with one attached hydrogen (secondary N) is 1. The fourth-order valence-electron chi connectivity index (χ4n) is 4.75. The van der Waals surface area contributed by atoms with E-state index in [1.807, 2.05) is 24.3 Å². The summed E-state index contributed by atoms with van der Waals surface area (Å²) in [6.07, 6.45) is 0.133. The first-order chi connectivity index (χ1) is 19.6. The van der Waals surface area contributed by atoms with Gasteiger partial charge >= 0.3 is 6.09 Å². The number of carbonyl (C=O) groups excluding carboxylic acids is 3. The molecular weight excluding hydrogens is 524 g/mol. The maximum atomic E-state index is 13.5. The Kier molecular flexibility index (Phi) is 7.40. The van der Waals surface area contributed by atoms with Crippen molar-refractivity contribution < 1.29 is 28.6 Å². The molecule has 1 aromatic heterocycles. The number of ether oxygens (including phenoxy) is 3. The van der Waals surface area contributed by atoms with Gasteiger partial charge in [-0.05, 0) is 76.6 Å². The van der Waals surface area contributed by atoms with Gasteiger partial charge in [0.15, 0.2) is 0 Å². The second-order valence-corrected chi connectivity index (χ2v) is 10.6. The van der Waals surface area contributed by atoms with Crippen LogP contribution in [0.1, 0.15) is 53.7 Å². The SMILES string of the molecule is COc1cc(C(=O)N2CCCOc3ccccc32)ccc1C(=O)Nc1cccc2c1nc(C)n2C(=O)OC(C)(C)C. The summed E-state index contributed by atoms with van der Waals surface area (Å²) in [5, 5.41) is 2.88. The average molecular weight is 557 g/mol. The minimum Gasteiger partial charge on any atom is -0.496 e. The molecule has 3 aromatic carbocycles. The third-order valence-electron chi connectivity index (χ3n) is 6.56. The van der Waals surface area contributed by atoms with E-state index in [1.54, 1.807) is 69.0 Å². The Labute approximate surface area is 237 Å². The van der Waals surface area contributed by atoms with Gasteiger partial charge in [0.05, 0.1) is 36.2 Å². The van der Waals surface area contributed by atoms with Crippen molar-refractivity contribution in [2.24, 2.45) is 0 Å². The Morgan fingerprint density at radius 1 is 1.02 bits per heavy atom. The molecule has 0 fully saturated rings. The molecule has 0 spiro atoms. The number of aryl methyl sites for hydroxylation is 1. The molecule has 0 radical (unpaired) electrons. The van der Waals surface area contributed by atoms with Crippen LogP contribution in [-0.2, 0) is 4.74 Å². The highest BCUT2D eigenvalue weighted by Crippen LogP contribution is 2.33. The number of imidazole rings is 1. The molecular formula is C31H32N4O6. The monoisotopic (exact) mass is 556 g/mol. The third kappa shape index (κ3) is 5.58. The first kappa shape index (κ1) is 27.7. The van der Waals surface area contributed by atoms with Gasteiger partial charge in [0.2, 0.25) is 0 Å². The van der Waals surface area contributed by atoms with Crippen LogP contribution in [0.15, 0.2) is 60.7 Å². The normalized spacial score (nSPS) is 13.1. The summed E-state index contributed by atoms with van der Waals surface area (Å²) in [4.78, 5) is 46.0. The Bertz CT molecular complexity index is 1650. The van der Waals surface area contributed by atoms with Gasteiger partial charge in [0, 0.05) is 12.1 Å². The Hall–Kier alpha value is -4.86. The number of aromatic nitrogens is 2. The topological polar surface area (TPSA) is 112 Å². The summed E-state index contributed by atoms with van der Waals surface area (Å²) in [7, 11) is 1.45. The summed E-state index contributed by atoms with van der Waals surface area (Å²) >= 11 is 0. The number of fused-ring (bicyclic) bond motifs is 2. The first-order valence-electron chi connectivity index (χ1n) is 13.3. The number of amides is 2. The van der Waals surface area contributed by atoms with Crippen molar-refractivity contribution in [3.05, 3.63) is 77.6 Å². The van der Waals surface area contributed by atoms with Crippen molar-refractivity contribution in [3.8, 4) is 11.5 Å². The van der Waals surface area contributed by atoms with Crippen LogP contribution in [0.25, 0.3) is 11.0 Å². The Balaban J connectivity index is 1.42. The van der Waals surface area contributed by atoms with Crippen LogP contribution in [0, 0.1) is 6.92 Å². The van der Waals surface area contributed by atoms with Gasteiger partial charge in [0.25, 0.3) is 11.8 Å². The fraction of sp³-hybridized carbons (Fsp3) is 0.290. The Morgan fingerprint density at radius 3 is 2.56 bits per heavy atom. The lowest BCUT2D eigenvalue weighted by Crippen LogP contribution is -2.31. The third-order valence-corrected chi connectivity index (χ3v) is 6.56. The zero-order valence-corrected chi connectivity index (χ0v) is 23.7. The number of anilines is 2. The first-order valence-corrected chi connectivity index (χ1v) is 13.3. The van der Waals surface area contributed by atoms with Crippen LogP contribution in [0.5, 0.6) is 11.5 Å². The van der Waals surface area contributed by atoms with Crippen molar-refractivity contribution in [2.75, 3.05) is 30.5 Å². The minimum absolute atomic E-state index is 0.221. The summed E-state index contributed by atoms with van der Waals surface area (Å²) < 4.78 is 18.2. The maximum Gasteiger partial charge on any atom is 0.420 e. The van der Waals surface area contributed by atoms with Crippen molar-refractivity contribution in [2.45, 2.75) is 39.7 Å². The molecule has 0 saturated carbocycles. The number of rotatable bonds is 4. The van der Waals surface area contributed by atoms with Crippen molar-refractivity contribution in [1.29, 1.82) is 0 Å². The van der Waals surface area contributed by atoms with E-state index >= 15 is 0 Å². The maximum absolute atomic E-state index is 13.5. The van der Waals surface area contributed by atoms with Crippen molar-refractivity contribution in [1.82, 2.24) is 9.55 Å². The Morgan fingerprint density at radius 2 is 1.80 bits per heavy atom. The van der Waals surface area contributed by atoms with Crippen LogP contribution in [0.2, 0.25) is 0 Å². The highest BCUT2D eigenvalue weighted by Gasteiger charge is 2.26. The van der Waals surface area contributed by atoms with E-state index in [1.165, 1.54) is 11.7 Å². The van der Waals surface area contributed by atoms with E-state index in [4.69, 9.17) is 14.2 Å². The summed E-state index contributed by atoms with van der Waals surface area (Å²) in [6.45, 7) is 8.09. The zero-order chi connectivity index (χ0) is 29.3. The molecule has 1 aliphatic rings.